The molecule has 1 aromatic rings. The van der Waals surface area contributed by atoms with Gasteiger partial charge in [0.2, 0.25) is 11.8 Å². The van der Waals surface area contributed by atoms with Gasteiger partial charge in [0, 0.05) is 12.5 Å². The van der Waals surface area contributed by atoms with E-state index in [4.69, 9.17) is 4.74 Å². The van der Waals surface area contributed by atoms with Crippen LogP contribution in [0.25, 0.3) is 0 Å². The van der Waals surface area contributed by atoms with Crippen LogP contribution in [-0.4, -0.2) is 18.0 Å². The highest BCUT2D eigenvalue weighted by Crippen LogP contribution is 2.06. The van der Waals surface area contributed by atoms with Crippen LogP contribution >= 0.6 is 0 Å². The fourth-order valence-corrected chi connectivity index (χ4v) is 1.17. The maximum atomic E-state index is 11.2. The predicted molar refractivity (Wildman–Crippen MR) is 57.5 cm³/mol. The topological polar surface area (TPSA) is 51.2 Å². The quantitative estimate of drug-likeness (QED) is 0.798. The van der Waals surface area contributed by atoms with Crippen molar-refractivity contribution < 1.29 is 9.53 Å². The molecule has 82 valence electrons. The van der Waals surface area contributed by atoms with Gasteiger partial charge in [-0.1, -0.05) is 13.0 Å². The largest absolute Gasteiger partial charge is 0.481 e. The molecular weight excluding hydrogens is 192 g/mol. The molecular formula is C11H16N2O2. The highest BCUT2D eigenvalue weighted by atomic mass is 16.5. The standard InChI is InChI=1S/C11H16N2O2/c1-3-5-10(14)12-8-9-6-4-7-11(13-9)15-2/h4,6-7H,3,5,8H2,1-2H3,(H,12,14). The molecule has 0 bridgehead atoms. The third-order valence-corrected chi connectivity index (χ3v) is 1.93. The summed E-state index contributed by atoms with van der Waals surface area (Å²) < 4.78 is 4.99. The van der Waals surface area contributed by atoms with Crippen LogP contribution in [0.3, 0.4) is 0 Å². The number of nitrogens with zero attached hydrogens (tertiary/aromatic N) is 1. The molecule has 1 aromatic heterocycles. The fourth-order valence-electron chi connectivity index (χ4n) is 1.17. The Labute approximate surface area is 89.7 Å². The van der Waals surface area contributed by atoms with Crippen LogP contribution in [0.4, 0.5) is 0 Å². The van der Waals surface area contributed by atoms with Crippen LogP contribution in [0.15, 0.2) is 18.2 Å². The Morgan fingerprint density at radius 2 is 2.33 bits per heavy atom. The fraction of sp³-hybridized carbons (Fsp3) is 0.455. The SMILES string of the molecule is CCCC(=O)NCc1cccc(OC)n1. The maximum Gasteiger partial charge on any atom is 0.220 e. The summed E-state index contributed by atoms with van der Waals surface area (Å²) in [6.07, 6.45) is 1.42. The van der Waals surface area contributed by atoms with Gasteiger partial charge in [0.05, 0.1) is 19.3 Å². The number of hydrogen-bond donors (Lipinski definition) is 1. The number of ether oxygens (including phenoxy) is 1. The first-order valence-corrected chi connectivity index (χ1v) is 5.03. The van der Waals surface area contributed by atoms with Gasteiger partial charge in [0.1, 0.15) is 0 Å². The van der Waals surface area contributed by atoms with E-state index in [1.165, 1.54) is 0 Å². The van der Waals surface area contributed by atoms with Gasteiger partial charge in [-0.3, -0.25) is 4.79 Å². The van der Waals surface area contributed by atoms with E-state index in [1.54, 1.807) is 13.2 Å². The predicted octanol–water partition coefficient (Wildman–Crippen LogP) is 1.51. The summed E-state index contributed by atoms with van der Waals surface area (Å²) >= 11 is 0. The Morgan fingerprint density at radius 1 is 1.53 bits per heavy atom. The molecule has 1 amide bonds. The Hall–Kier alpha value is -1.58. The third kappa shape index (κ3) is 3.97. The first-order chi connectivity index (χ1) is 7.26. The number of amides is 1. The molecule has 0 spiro atoms. The number of aromatic nitrogens is 1. The molecule has 0 fully saturated rings. The molecule has 0 aromatic carbocycles. The van der Waals surface area contributed by atoms with E-state index in [-0.39, 0.29) is 5.91 Å². The molecule has 0 saturated heterocycles. The summed E-state index contributed by atoms with van der Waals surface area (Å²) in [5.74, 6) is 0.624. The molecule has 4 heteroatoms. The Morgan fingerprint density at radius 3 is 3.00 bits per heavy atom. The highest BCUT2D eigenvalue weighted by molar-refractivity contribution is 5.75. The Bertz CT molecular complexity index is 326. The molecule has 0 aliphatic rings. The molecule has 4 nitrogen and oxygen atoms in total. The van der Waals surface area contributed by atoms with Crippen LogP contribution < -0.4 is 10.1 Å². The zero-order valence-corrected chi connectivity index (χ0v) is 9.12. The van der Waals surface area contributed by atoms with E-state index in [2.05, 4.69) is 10.3 Å². The Balaban J connectivity index is 2.46. The van der Waals surface area contributed by atoms with Crippen molar-refractivity contribution in [3.8, 4) is 5.88 Å². The number of carbonyl (C=O) groups excluding carboxylic acids is 1. The van der Waals surface area contributed by atoms with E-state index in [9.17, 15) is 4.79 Å². The lowest BCUT2D eigenvalue weighted by molar-refractivity contribution is -0.121. The number of methoxy groups -OCH3 is 1. The smallest absolute Gasteiger partial charge is 0.220 e. The number of nitrogens with one attached hydrogen (secondary N) is 1. The van der Waals surface area contributed by atoms with Gasteiger partial charge in [-0.25, -0.2) is 4.98 Å². The van der Waals surface area contributed by atoms with Gasteiger partial charge in [-0.2, -0.15) is 0 Å². The van der Waals surface area contributed by atoms with Crippen LogP contribution in [0.5, 0.6) is 5.88 Å². The van der Waals surface area contributed by atoms with Crippen molar-refractivity contribution in [1.29, 1.82) is 0 Å². The summed E-state index contributed by atoms with van der Waals surface area (Å²) in [6.45, 7) is 2.43. The highest BCUT2D eigenvalue weighted by Gasteiger charge is 2.01. The summed E-state index contributed by atoms with van der Waals surface area (Å²) in [7, 11) is 1.57. The van der Waals surface area contributed by atoms with E-state index >= 15 is 0 Å². The molecule has 1 heterocycles. The van der Waals surface area contributed by atoms with Crippen molar-refractivity contribution in [2.75, 3.05) is 7.11 Å². The second-order valence-electron chi connectivity index (χ2n) is 3.20. The molecule has 0 unspecified atom stereocenters. The minimum Gasteiger partial charge on any atom is -0.481 e. The van der Waals surface area contributed by atoms with Crippen molar-refractivity contribution in [3.63, 3.8) is 0 Å². The van der Waals surface area contributed by atoms with Gasteiger partial charge in [-0.15, -0.1) is 0 Å². The number of pyridine rings is 1. The van der Waals surface area contributed by atoms with Crippen LogP contribution in [0, 0.1) is 0 Å². The second kappa shape index (κ2) is 6.01. The molecule has 15 heavy (non-hydrogen) atoms. The monoisotopic (exact) mass is 208 g/mol. The molecule has 0 atom stereocenters. The average molecular weight is 208 g/mol. The van der Waals surface area contributed by atoms with E-state index in [1.807, 2.05) is 19.1 Å². The van der Waals surface area contributed by atoms with Gasteiger partial charge in [0.15, 0.2) is 0 Å². The number of rotatable bonds is 5. The number of carbonyl (C=O) groups is 1. The van der Waals surface area contributed by atoms with E-state index < -0.39 is 0 Å². The van der Waals surface area contributed by atoms with Gasteiger partial charge >= 0.3 is 0 Å². The zero-order valence-electron chi connectivity index (χ0n) is 9.12. The van der Waals surface area contributed by atoms with Gasteiger partial charge in [-0.05, 0) is 12.5 Å². The summed E-state index contributed by atoms with van der Waals surface area (Å²) in [4.78, 5) is 15.4. The second-order valence-corrected chi connectivity index (χ2v) is 3.20. The van der Waals surface area contributed by atoms with Crippen molar-refractivity contribution in [3.05, 3.63) is 23.9 Å². The normalized spacial score (nSPS) is 9.73. The average Bonchev–Trinajstić information content (AvgIpc) is 2.27. The van der Waals surface area contributed by atoms with Crippen molar-refractivity contribution in [1.82, 2.24) is 10.3 Å². The maximum absolute atomic E-state index is 11.2. The summed E-state index contributed by atoms with van der Waals surface area (Å²) in [6, 6.07) is 5.49. The van der Waals surface area contributed by atoms with Crippen molar-refractivity contribution in [2.45, 2.75) is 26.3 Å². The summed E-state index contributed by atoms with van der Waals surface area (Å²) in [5, 5.41) is 2.79. The van der Waals surface area contributed by atoms with Crippen molar-refractivity contribution >= 4 is 5.91 Å². The lowest BCUT2D eigenvalue weighted by Gasteiger charge is -2.05. The lowest BCUT2D eigenvalue weighted by Crippen LogP contribution is -2.22. The molecule has 1 N–H and O–H groups in total. The number of hydrogen-bond acceptors (Lipinski definition) is 3. The zero-order chi connectivity index (χ0) is 11.1. The summed E-state index contributed by atoms with van der Waals surface area (Å²) in [5.41, 5.74) is 0.804. The molecule has 0 radical (unpaired) electrons. The van der Waals surface area contributed by atoms with Gasteiger partial charge in [0.25, 0.3) is 0 Å². The minimum atomic E-state index is 0.0575. The van der Waals surface area contributed by atoms with Crippen LogP contribution in [-0.2, 0) is 11.3 Å². The Kier molecular flexibility index (Phi) is 4.60. The molecule has 1 rings (SSSR count). The van der Waals surface area contributed by atoms with E-state index in [0.29, 0.717) is 18.8 Å². The first kappa shape index (κ1) is 11.5. The van der Waals surface area contributed by atoms with Crippen molar-refractivity contribution in [2.24, 2.45) is 0 Å². The van der Waals surface area contributed by atoms with Crippen LogP contribution in [0.2, 0.25) is 0 Å². The van der Waals surface area contributed by atoms with Crippen LogP contribution in [0.1, 0.15) is 25.5 Å². The first-order valence-electron chi connectivity index (χ1n) is 5.03. The molecule has 0 saturated carbocycles. The third-order valence-electron chi connectivity index (χ3n) is 1.93. The molecule has 0 aliphatic heterocycles. The molecule has 0 aliphatic carbocycles. The lowest BCUT2D eigenvalue weighted by atomic mass is 10.3. The minimum absolute atomic E-state index is 0.0575. The van der Waals surface area contributed by atoms with Gasteiger partial charge < -0.3 is 10.1 Å². The van der Waals surface area contributed by atoms with E-state index in [0.717, 1.165) is 12.1 Å².